The standard InChI is InChI=1S/C15H13F3O3/c1-20-13-5-3-9(7-11(13)15(16,17)18)10-4-6-14(21-2)12(19)8-10/h3-8,19H,1-2H3. The molecule has 3 nitrogen and oxygen atoms in total. The number of aromatic hydroxyl groups is 1. The average molecular weight is 298 g/mol. The molecule has 6 heteroatoms. The first-order valence-electron chi connectivity index (χ1n) is 5.99. The van der Waals surface area contributed by atoms with E-state index in [9.17, 15) is 18.3 Å². The summed E-state index contributed by atoms with van der Waals surface area (Å²) < 4.78 is 48.6. The molecule has 0 fully saturated rings. The van der Waals surface area contributed by atoms with E-state index in [1.165, 1.54) is 38.5 Å². The monoisotopic (exact) mass is 298 g/mol. The third-order valence-electron chi connectivity index (χ3n) is 3.02. The van der Waals surface area contributed by atoms with Gasteiger partial charge in [-0.15, -0.1) is 0 Å². The van der Waals surface area contributed by atoms with Crippen molar-refractivity contribution in [3.63, 3.8) is 0 Å². The lowest BCUT2D eigenvalue weighted by Crippen LogP contribution is -2.07. The highest BCUT2D eigenvalue weighted by Gasteiger charge is 2.34. The van der Waals surface area contributed by atoms with E-state index in [1.807, 2.05) is 0 Å². The Bertz CT molecular complexity index is 651. The number of hydrogen-bond acceptors (Lipinski definition) is 3. The van der Waals surface area contributed by atoms with Crippen LogP contribution in [-0.2, 0) is 6.18 Å². The Morgan fingerprint density at radius 2 is 1.38 bits per heavy atom. The molecule has 0 spiro atoms. The first-order chi connectivity index (χ1) is 9.86. The van der Waals surface area contributed by atoms with Crippen molar-refractivity contribution in [1.82, 2.24) is 0 Å². The molecule has 0 aliphatic carbocycles. The maximum atomic E-state index is 13.0. The molecule has 0 amide bonds. The summed E-state index contributed by atoms with van der Waals surface area (Å²) in [5, 5.41) is 9.71. The summed E-state index contributed by atoms with van der Waals surface area (Å²) >= 11 is 0. The first-order valence-corrected chi connectivity index (χ1v) is 5.99. The van der Waals surface area contributed by atoms with Gasteiger partial charge in [-0.1, -0.05) is 12.1 Å². The van der Waals surface area contributed by atoms with E-state index in [4.69, 9.17) is 9.47 Å². The number of methoxy groups -OCH3 is 2. The van der Waals surface area contributed by atoms with Gasteiger partial charge in [-0.2, -0.15) is 13.2 Å². The third-order valence-corrected chi connectivity index (χ3v) is 3.02. The topological polar surface area (TPSA) is 38.7 Å². The van der Waals surface area contributed by atoms with Crippen LogP contribution >= 0.6 is 0 Å². The van der Waals surface area contributed by atoms with Gasteiger partial charge in [0.15, 0.2) is 11.5 Å². The Morgan fingerprint density at radius 1 is 0.857 bits per heavy atom. The third kappa shape index (κ3) is 3.04. The van der Waals surface area contributed by atoms with E-state index >= 15 is 0 Å². The number of benzene rings is 2. The van der Waals surface area contributed by atoms with Crippen molar-refractivity contribution in [3.05, 3.63) is 42.0 Å². The molecular formula is C15H13F3O3. The lowest BCUT2D eigenvalue weighted by Gasteiger charge is -2.14. The predicted molar refractivity (Wildman–Crippen MR) is 71.6 cm³/mol. The van der Waals surface area contributed by atoms with Crippen LogP contribution in [0, 0.1) is 0 Å². The van der Waals surface area contributed by atoms with Gasteiger partial charge in [-0.3, -0.25) is 0 Å². The van der Waals surface area contributed by atoms with Gasteiger partial charge in [0.2, 0.25) is 0 Å². The summed E-state index contributed by atoms with van der Waals surface area (Å²) in [6.07, 6.45) is -4.52. The zero-order valence-electron chi connectivity index (χ0n) is 11.4. The first kappa shape index (κ1) is 15.0. The zero-order chi connectivity index (χ0) is 15.6. The van der Waals surface area contributed by atoms with E-state index < -0.39 is 11.7 Å². The number of rotatable bonds is 3. The highest BCUT2D eigenvalue weighted by atomic mass is 19.4. The van der Waals surface area contributed by atoms with Gasteiger partial charge in [0.1, 0.15) is 5.75 Å². The Morgan fingerprint density at radius 3 is 1.86 bits per heavy atom. The van der Waals surface area contributed by atoms with E-state index in [1.54, 1.807) is 6.07 Å². The van der Waals surface area contributed by atoms with Gasteiger partial charge in [0, 0.05) is 0 Å². The van der Waals surface area contributed by atoms with Crippen LogP contribution in [0.1, 0.15) is 5.56 Å². The van der Waals surface area contributed by atoms with Gasteiger partial charge in [-0.25, -0.2) is 0 Å². The molecule has 21 heavy (non-hydrogen) atoms. The number of halogens is 3. The Balaban J connectivity index is 2.52. The second-order valence-electron chi connectivity index (χ2n) is 4.30. The Hall–Kier alpha value is -2.37. The van der Waals surface area contributed by atoms with Gasteiger partial charge in [0.25, 0.3) is 0 Å². The molecule has 112 valence electrons. The van der Waals surface area contributed by atoms with Crippen LogP contribution in [-0.4, -0.2) is 19.3 Å². The molecule has 0 heterocycles. The predicted octanol–water partition coefficient (Wildman–Crippen LogP) is 4.10. The fraction of sp³-hybridized carbons (Fsp3) is 0.200. The van der Waals surface area contributed by atoms with E-state index in [0.29, 0.717) is 11.1 Å². The van der Waals surface area contributed by atoms with Gasteiger partial charge < -0.3 is 14.6 Å². The van der Waals surface area contributed by atoms with Crippen LogP contribution in [0.5, 0.6) is 17.2 Å². The fourth-order valence-electron chi connectivity index (χ4n) is 1.98. The summed E-state index contributed by atoms with van der Waals surface area (Å²) in [4.78, 5) is 0. The molecule has 2 rings (SSSR count). The summed E-state index contributed by atoms with van der Waals surface area (Å²) in [5.74, 6) is -0.133. The van der Waals surface area contributed by atoms with Crippen molar-refractivity contribution < 1.29 is 27.8 Å². The van der Waals surface area contributed by atoms with E-state index in [-0.39, 0.29) is 17.2 Å². The van der Waals surface area contributed by atoms with Crippen LogP contribution in [0.3, 0.4) is 0 Å². The molecule has 0 aliphatic rings. The molecular weight excluding hydrogens is 285 g/mol. The van der Waals surface area contributed by atoms with Crippen molar-refractivity contribution >= 4 is 0 Å². The van der Waals surface area contributed by atoms with Gasteiger partial charge in [0.05, 0.1) is 19.8 Å². The van der Waals surface area contributed by atoms with E-state index in [2.05, 4.69) is 0 Å². The molecule has 0 saturated heterocycles. The average Bonchev–Trinajstić information content (AvgIpc) is 2.45. The van der Waals surface area contributed by atoms with Crippen molar-refractivity contribution in [3.8, 4) is 28.4 Å². The molecule has 0 radical (unpaired) electrons. The zero-order valence-corrected chi connectivity index (χ0v) is 11.4. The number of hydrogen-bond donors (Lipinski definition) is 1. The Labute approximate surface area is 119 Å². The van der Waals surface area contributed by atoms with Crippen LogP contribution < -0.4 is 9.47 Å². The highest BCUT2D eigenvalue weighted by Crippen LogP contribution is 2.39. The highest BCUT2D eigenvalue weighted by molar-refractivity contribution is 5.69. The summed E-state index contributed by atoms with van der Waals surface area (Å²) in [6, 6.07) is 8.14. The largest absolute Gasteiger partial charge is 0.504 e. The van der Waals surface area contributed by atoms with Gasteiger partial charge >= 0.3 is 6.18 Å². The van der Waals surface area contributed by atoms with Crippen molar-refractivity contribution in [1.29, 1.82) is 0 Å². The second kappa shape index (κ2) is 5.55. The van der Waals surface area contributed by atoms with Gasteiger partial charge in [-0.05, 0) is 35.4 Å². The lowest BCUT2D eigenvalue weighted by molar-refractivity contribution is -0.138. The number of phenols is 1. The Kier molecular flexibility index (Phi) is 3.97. The number of ether oxygens (including phenoxy) is 2. The second-order valence-corrected chi connectivity index (χ2v) is 4.30. The molecule has 1 N–H and O–H groups in total. The van der Waals surface area contributed by atoms with Crippen molar-refractivity contribution in [2.75, 3.05) is 14.2 Å². The summed E-state index contributed by atoms with van der Waals surface area (Å²) in [6.45, 7) is 0. The molecule has 0 unspecified atom stereocenters. The molecule has 0 atom stereocenters. The number of phenolic OH excluding ortho intramolecular Hbond substituents is 1. The quantitative estimate of drug-likeness (QED) is 0.927. The molecule has 0 aliphatic heterocycles. The summed E-state index contributed by atoms with van der Waals surface area (Å²) in [5.41, 5.74) is -0.0969. The molecule has 0 saturated carbocycles. The molecule has 2 aromatic carbocycles. The fourth-order valence-corrected chi connectivity index (χ4v) is 1.98. The summed E-state index contributed by atoms with van der Waals surface area (Å²) in [7, 11) is 2.58. The smallest absolute Gasteiger partial charge is 0.419 e. The minimum atomic E-state index is -4.52. The lowest BCUT2D eigenvalue weighted by atomic mass is 10.0. The van der Waals surface area contributed by atoms with Crippen molar-refractivity contribution in [2.24, 2.45) is 0 Å². The molecule has 0 aromatic heterocycles. The van der Waals surface area contributed by atoms with E-state index in [0.717, 1.165) is 6.07 Å². The maximum absolute atomic E-state index is 13.0. The van der Waals surface area contributed by atoms with Crippen LogP contribution in [0.4, 0.5) is 13.2 Å². The molecule has 0 bridgehead atoms. The van der Waals surface area contributed by atoms with Crippen LogP contribution in [0.15, 0.2) is 36.4 Å². The van der Waals surface area contributed by atoms with Crippen LogP contribution in [0.25, 0.3) is 11.1 Å². The normalized spacial score (nSPS) is 11.3. The van der Waals surface area contributed by atoms with Crippen LogP contribution in [0.2, 0.25) is 0 Å². The molecule has 2 aromatic rings. The number of alkyl halides is 3. The van der Waals surface area contributed by atoms with Crippen molar-refractivity contribution in [2.45, 2.75) is 6.18 Å². The minimum Gasteiger partial charge on any atom is -0.504 e. The maximum Gasteiger partial charge on any atom is 0.419 e. The SMILES string of the molecule is COc1ccc(-c2ccc(OC)c(C(F)(F)F)c2)cc1O. The minimum absolute atomic E-state index is 0.139.